The molecule has 1 aromatic heterocycles. The van der Waals surface area contributed by atoms with Crippen LogP contribution in [0, 0.1) is 0 Å². The van der Waals surface area contributed by atoms with Gasteiger partial charge in [-0.05, 0) is 42.0 Å². The van der Waals surface area contributed by atoms with E-state index in [4.69, 9.17) is 0 Å². The van der Waals surface area contributed by atoms with Crippen LogP contribution in [0.1, 0.15) is 22.3 Å². The maximum absolute atomic E-state index is 13.1. The largest absolute Gasteiger partial charge is 0.508 e. The average Bonchev–Trinajstić information content (AvgIpc) is 3.33. The molecule has 3 nitrogen and oxygen atoms in total. The first-order valence-corrected chi connectivity index (χ1v) is 9.28. The first-order chi connectivity index (χ1) is 14.4. The molecule has 1 aliphatic rings. The fourth-order valence-electron chi connectivity index (χ4n) is 3.82. The van der Waals surface area contributed by atoms with Gasteiger partial charge in [0.25, 0.3) is 0 Å². The Morgan fingerprint density at radius 1 is 0.933 bits per heavy atom. The third-order valence-corrected chi connectivity index (χ3v) is 5.23. The number of H-pyrrole nitrogens is 1. The highest BCUT2D eigenvalue weighted by Gasteiger charge is 2.30. The van der Waals surface area contributed by atoms with Crippen molar-refractivity contribution < 1.29 is 18.3 Å². The monoisotopic (exact) mass is 404 g/mol. The molecule has 2 N–H and O–H groups in total. The Kier molecular flexibility index (Phi) is 4.03. The van der Waals surface area contributed by atoms with Crippen LogP contribution in [0.15, 0.2) is 77.9 Å². The summed E-state index contributed by atoms with van der Waals surface area (Å²) >= 11 is 0. The summed E-state index contributed by atoms with van der Waals surface area (Å²) in [5.41, 5.74) is 4.62. The van der Waals surface area contributed by atoms with Crippen LogP contribution in [-0.2, 0) is 6.18 Å². The molecule has 148 valence electrons. The Hall–Kier alpha value is -3.80. The van der Waals surface area contributed by atoms with Gasteiger partial charge >= 0.3 is 6.18 Å². The molecular weight excluding hydrogens is 389 g/mol. The maximum Gasteiger partial charge on any atom is 0.416 e. The minimum atomic E-state index is -4.40. The molecule has 30 heavy (non-hydrogen) atoms. The number of phenolic OH excluding ortho intramolecular Hbond substituents is 1. The molecule has 0 atom stereocenters. The summed E-state index contributed by atoms with van der Waals surface area (Å²) in [5, 5.41) is 10.9. The number of halogens is 3. The predicted molar refractivity (Wildman–Crippen MR) is 112 cm³/mol. The number of fused-ring (bicyclic) bond motifs is 2. The number of aromatic nitrogens is 1. The quantitative estimate of drug-likeness (QED) is 0.390. The summed E-state index contributed by atoms with van der Waals surface area (Å²) < 4.78 is 39.2. The van der Waals surface area contributed by atoms with Gasteiger partial charge in [-0.2, -0.15) is 13.2 Å². The number of aromatic amines is 1. The molecule has 0 fully saturated rings. The zero-order valence-corrected chi connectivity index (χ0v) is 15.5. The second-order valence-corrected chi connectivity index (χ2v) is 7.07. The molecule has 0 saturated carbocycles. The third-order valence-electron chi connectivity index (χ3n) is 5.23. The molecule has 2 heterocycles. The molecule has 0 aliphatic carbocycles. The number of rotatable bonds is 2. The molecule has 0 amide bonds. The summed E-state index contributed by atoms with van der Waals surface area (Å²) in [6.45, 7) is 0. The smallest absolute Gasteiger partial charge is 0.416 e. The molecular formula is C24H15F3N2O. The highest BCUT2D eigenvalue weighted by molar-refractivity contribution is 6.27. The molecule has 6 heteroatoms. The van der Waals surface area contributed by atoms with Gasteiger partial charge in [0, 0.05) is 45.6 Å². The molecule has 0 spiro atoms. The Labute approximate surface area is 169 Å². The minimum Gasteiger partial charge on any atom is -0.508 e. The average molecular weight is 404 g/mol. The standard InChI is InChI=1S/C24H15F3N2O/c25-24(26,27)15-7-5-14(6-8-15)23(19-12-28-21-4-2-1-3-17(19)21)20-13-29-22-10-9-16(30)11-18(20)22/h1-13,28,30H. The number of para-hydroxylation sites is 1. The van der Waals surface area contributed by atoms with E-state index < -0.39 is 11.7 Å². The van der Waals surface area contributed by atoms with Gasteiger partial charge in [0.2, 0.25) is 0 Å². The van der Waals surface area contributed by atoms with Crippen LogP contribution in [0.2, 0.25) is 0 Å². The Bertz CT molecular complexity index is 1330. The normalized spacial score (nSPS) is 14.9. The summed E-state index contributed by atoms with van der Waals surface area (Å²) in [6.07, 6.45) is -0.863. The Balaban J connectivity index is 1.79. The lowest BCUT2D eigenvalue weighted by molar-refractivity contribution is -0.137. The van der Waals surface area contributed by atoms with Crippen LogP contribution in [0.5, 0.6) is 5.75 Å². The highest BCUT2D eigenvalue weighted by atomic mass is 19.4. The van der Waals surface area contributed by atoms with Crippen LogP contribution in [0.25, 0.3) is 22.0 Å². The number of phenols is 1. The van der Waals surface area contributed by atoms with Crippen LogP contribution < -0.4 is 0 Å². The van der Waals surface area contributed by atoms with Crippen molar-refractivity contribution in [2.75, 3.05) is 0 Å². The SMILES string of the molecule is Oc1ccc2c(c1)C(=C(c1ccc(C(F)(F)F)cc1)c1c[nH]c3ccccc13)C=N2. The van der Waals surface area contributed by atoms with E-state index in [1.165, 1.54) is 12.1 Å². The first kappa shape index (κ1) is 18.2. The lowest BCUT2D eigenvalue weighted by atomic mass is 9.89. The van der Waals surface area contributed by atoms with Crippen molar-refractivity contribution in [3.8, 4) is 5.75 Å². The van der Waals surface area contributed by atoms with Crippen molar-refractivity contribution in [2.45, 2.75) is 6.18 Å². The van der Waals surface area contributed by atoms with Gasteiger partial charge in [0.1, 0.15) is 5.75 Å². The number of alkyl halides is 3. The van der Waals surface area contributed by atoms with Crippen LogP contribution >= 0.6 is 0 Å². The van der Waals surface area contributed by atoms with Gasteiger partial charge in [-0.1, -0.05) is 30.3 Å². The predicted octanol–water partition coefficient (Wildman–Crippen LogP) is 6.57. The van der Waals surface area contributed by atoms with Crippen LogP contribution in [0.3, 0.4) is 0 Å². The Morgan fingerprint density at radius 2 is 1.70 bits per heavy atom. The number of nitrogens with zero attached hydrogens (tertiary/aromatic N) is 1. The summed E-state index contributed by atoms with van der Waals surface area (Å²) in [4.78, 5) is 7.66. The van der Waals surface area contributed by atoms with Gasteiger partial charge in [-0.25, -0.2) is 0 Å². The van der Waals surface area contributed by atoms with Gasteiger partial charge in [0.15, 0.2) is 0 Å². The van der Waals surface area contributed by atoms with E-state index in [0.29, 0.717) is 11.3 Å². The van der Waals surface area contributed by atoms with Crippen molar-refractivity contribution in [3.05, 3.63) is 95.2 Å². The fourth-order valence-corrected chi connectivity index (χ4v) is 3.82. The molecule has 0 bridgehead atoms. The van der Waals surface area contributed by atoms with E-state index in [9.17, 15) is 18.3 Å². The second kappa shape index (κ2) is 6.62. The van der Waals surface area contributed by atoms with E-state index in [1.807, 2.05) is 30.5 Å². The van der Waals surface area contributed by atoms with E-state index >= 15 is 0 Å². The van der Waals surface area contributed by atoms with Gasteiger partial charge in [-0.3, -0.25) is 4.99 Å². The van der Waals surface area contributed by atoms with Crippen LogP contribution in [-0.4, -0.2) is 16.3 Å². The zero-order valence-electron chi connectivity index (χ0n) is 15.5. The fraction of sp³-hybridized carbons (Fsp3) is 0.0417. The molecule has 0 unspecified atom stereocenters. The molecule has 3 aromatic carbocycles. The topological polar surface area (TPSA) is 48.4 Å². The van der Waals surface area contributed by atoms with Crippen molar-refractivity contribution in [1.82, 2.24) is 4.98 Å². The van der Waals surface area contributed by atoms with Gasteiger partial charge < -0.3 is 10.1 Å². The van der Waals surface area contributed by atoms with Crippen molar-refractivity contribution >= 4 is 34.0 Å². The number of allylic oxidation sites excluding steroid dienone is 1. The van der Waals surface area contributed by atoms with Gasteiger partial charge in [-0.15, -0.1) is 0 Å². The number of hydrogen-bond acceptors (Lipinski definition) is 2. The summed E-state index contributed by atoms with van der Waals surface area (Å²) in [5.74, 6) is 0.0995. The number of benzene rings is 3. The van der Waals surface area contributed by atoms with Gasteiger partial charge in [0.05, 0.1) is 11.3 Å². The molecule has 5 rings (SSSR count). The lowest BCUT2D eigenvalue weighted by Gasteiger charge is -2.14. The first-order valence-electron chi connectivity index (χ1n) is 9.28. The summed E-state index contributed by atoms with van der Waals surface area (Å²) in [7, 11) is 0. The molecule has 4 aromatic rings. The molecule has 0 saturated heterocycles. The zero-order chi connectivity index (χ0) is 20.9. The van der Waals surface area contributed by atoms with E-state index in [1.54, 1.807) is 24.4 Å². The third kappa shape index (κ3) is 2.97. The molecule has 0 radical (unpaired) electrons. The van der Waals surface area contributed by atoms with E-state index in [-0.39, 0.29) is 5.75 Å². The maximum atomic E-state index is 13.1. The van der Waals surface area contributed by atoms with Crippen molar-refractivity contribution in [3.63, 3.8) is 0 Å². The van der Waals surface area contributed by atoms with E-state index in [2.05, 4.69) is 9.98 Å². The summed E-state index contributed by atoms with van der Waals surface area (Å²) in [6, 6.07) is 17.7. The number of hydrogen-bond donors (Lipinski definition) is 2. The Morgan fingerprint density at radius 3 is 2.47 bits per heavy atom. The number of aliphatic imine (C=N–C) groups is 1. The lowest BCUT2D eigenvalue weighted by Crippen LogP contribution is -2.04. The second-order valence-electron chi connectivity index (χ2n) is 7.07. The number of nitrogens with one attached hydrogen (secondary N) is 1. The molecule has 1 aliphatic heterocycles. The highest BCUT2D eigenvalue weighted by Crippen LogP contribution is 2.42. The van der Waals surface area contributed by atoms with E-state index in [0.717, 1.165) is 45.3 Å². The van der Waals surface area contributed by atoms with Crippen molar-refractivity contribution in [2.24, 2.45) is 4.99 Å². The minimum absolute atomic E-state index is 0.0995. The van der Waals surface area contributed by atoms with Crippen LogP contribution in [0.4, 0.5) is 18.9 Å². The van der Waals surface area contributed by atoms with Crippen molar-refractivity contribution in [1.29, 1.82) is 0 Å². The number of aromatic hydroxyl groups is 1.